The van der Waals surface area contributed by atoms with Crippen LogP contribution in [0.25, 0.3) is 0 Å². The van der Waals surface area contributed by atoms with E-state index in [0.29, 0.717) is 0 Å². The monoisotopic (exact) mass is 1000 g/mol. The van der Waals surface area contributed by atoms with Crippen LogP contribution in [0.5, 0.6) is 0 Å². The van der Waals surface area contributed by atoms with Crippen molar-refractivity contribution in [2.75, 3.05) is 33.5 Å². The van der Waals surface area contributed by atoms with Crippen LogP contribution in [0.3, 0.4) is 0 Å². The van der Waals surface area contributed by atoms with E-state index in [-0.39, 0.29) is 39.2 Å². The molecule has 0 amide bonds. The minimum absolute atomic E-state index is 0.0273. The van der Waals surface area contributed by atoms with Crippen LogP contribution in [-0.4, -0.2) is 25.5 Å². The van der Waals surface area contributed by atoms with Crippen molar-refractivity contribution in [2.24, 2.45) is 0 Å². The van der Waals surface area contributed by atoms with Crippen molar-refractivity contribution >= 4 is 95.0 Å². The van der Waals surface area contributed by atoms with Crippen LogP contribution in [0, 0.1) is 0 Å². The first-order valence-corrected chi connectivity index (χ1v) is 30.7. The molecular weight excluding hydrogens is 922 g/mol. The normalized spacial score (nSPS) is 18.3. The van der Waals surface area contributed by atoms with Gasteiger partial charge < -0.3 is 14.7 Å². The molecule has 0 spiro atoms. The molecular formula is C67H80BN3S2. The number of fused-ring (bicyclic) bond motifs is 7. The molecule has 0 saturated carbocycles. The molecule has 1 aromatic heterocycles. The van der Waals surface area contributed by atoms with Gasteiger partial charge in [-0.25, -0.2) is 10.0 Å². The molecule has 0 atom stereocenters. The number of anilines is 9. The summed E-state index contributed by atoms with van der Waals surface area (Å²) in [7, 11) is -0.930. The Labute approximate surface area is 445 Å². The lowest BCUT2D eigenvalue weighted by atomic mass is 9.36. The Morgan fingerprint density at radius 3 is 1.73 bits per heavy atom. The molecule has 3 heterocycles. The summed E-state index contributed by atoms with van der Waals surface area (Å²) in [6, 6.07) is 50.4. The predicted octanol–water partition coefficient (Wildman–Crippen LogP) is 17.6. The first-order valence-electron chi connectivity index (χ1n) is 27.1. The zero-order valence-electron chi connectivity index (χ0n) is 47.2. The summed E-state index contributed by atoms with van der Waals surface area (Å²) in [5, 5.41) is 0. The molecule has 6 aromatic carbocycles. The Morgan fingerprint density at radius 1 is 0.507 bits per heavy atom. The number of benzene rings is 6. The van der Waals surface area contributed by atoms with Crippen LogP contribution >= 0.6 is 21.4 Å². The van der Waals surface area contributed by atoms with E-state index in [9.17, 15) is 0 Å². The number of hydrogen-bond donors (Lipinski definition) is 0. The minimum atomic E-state index is -0.930. The van der Waals surface area contributed by atoms with Crippen molar-refractivity contribution in [2.45, 2.75) is 160 Å². The predicted molar refractivity (Wildman–Crippen MR) is 325 cm³/mol. The molecule has 3 nitrogen and oxygen atoms in total. The van der Waals surface area contributed by atoms with Gasteiger partial charge in [0.2, 0.25) is 0 Å². The van der Waals surface area contributed by atoms with E-state index < -0.39 is 10.0 Å². The first-order chi connectivity index (χ1) is 34.1. The highest BCUT2D eigenvalue weighted by molar-refractivity contribution is 8.32. The summed E-state index contributed by atoms with van der Waals surface area (Å²) in [5.41, 5.74) is 21.2. The molecule has 0 unspecified atom stereocenters. The van der Waals surface area contributed by atoms with Gasteiger partial charge in [-0.15, -0.1) is 0 Å². The average molecular weight is 1000 g/mol. The second-order valence-corrected chi connectivity index (χ2v) is 32.8. The average Bonchev–Trinajstić information content (AvgIpc) is 3.75. The lowest BCUT2D eigenvalue weighted by Crippen LogP contribution is -2.60. The van der Waals surface area contributed by atoms with Gasteiger partial charge in [-0.05, 0) is 199 Å². The van der Waals surface area contributed by atoms with Gasteiger partial charge in [0, 0.05) is 49.5 Å². The highest BCUT2D eigenvalue weighted by Crippen LogP contribution is 2.58. The fourth-order valence-electron chi connectivity index (χ4n) is 12.8. The standard InChI is InChI=1S/C67H80BN3S2/c1-62(2,3)43-22-21-25-47(38-43)70-54-39-44(63(4,5)6)26-33-53(54)68-58-55(70)41-49(69(45-23-19-18-20-24-45)46-27-30-50(31-28-46)73(15,16)17)42-56(58)71(48-29-32-51-52(40-48)65(9,10)35-34-64(51,7)8)59-57-60(72-61(59)68)67(13,14)37-36-66(57,11)12/h18-33,38-42H,34-37H2,1-17H3. The van der Waals surface area contributed by atoms with Gasteiger partial charge in [-0.1, -0.05) is 145 Å². The number of hydrogen-bond acceptors (Lipinski definition) is 4. The zero-order valence-corrected chi connectivity index (χ0v) is 48.8. The highest BCUT2D eigenvalue weighted by atomic mass is 32.3. The van der Waals surface area contributed by atoms with Crippen LogP contribution < -0.4 is 30.4 Å². The summed E-state index contributed by atoms with van der Waals surface area (Å²) in [6.07, 6.45) is 11.9. The maximum absolute atomic E-state index is 2.79. The molecule has 11 rings (SSSR count). The van der Waals surface area contributed by atoms with Gasteiger partial charge in [0.25, 0.3) is 6.71 Å². The minimum Gasteiger partial charge on any atom is -0.311 e. The Kier molecular flexibility index (Phi) is 11.4. The number of nitrogens with zero attached hydrogens (tertiary/aromatic N) is 3. The van der Waals surface area contributed by atoms with Gasteiger partial charge in [0.05, 0.1) is 11.4 Å². The molecule has 0 N–H and O–H groups in total. The van der Waals surface area contributed by atoms with Crippen molar-refractivity contribution in [3.8, 4) is 0 Å². The SMILES string of the molecule is CC(C)(C)c1cccc(N2c3cc(C(C)(C)C)ccc3B3c4sc5c(c4N(c4ccc6c(c4)C(C)(C)CCC6(C)C)c4cc(N(c6ccccc6)c6ccc(S(C)(C)C)cc6)cc2c43)C(C)(C)CCC5(C)C)c1. The number of para-hydroxylation sites is 1. The third-order valence-electron chi connectivity index (χ3n) is 17.5. The highest BCUT2D eigenvalue weighted by Gasteiger charge is 2.51. The fourth-order valence-corrected chi connectivity index (χ4v) is 15.4. The van der Waals surface area contributed by atoms with Gasteiger partial charge in [-0.3, -0.25) is 0 Å². The quantitative estimate of drug-likeness (QED) is 0.154. The van der Waals surface area contributed by atoms with Gasteiger partial charge in [-0.2, -0.15) is 11.3 Å². The smallest absolute Gasteiger partial charge is 0.264 e. The molecule has 378 valence electrons. The zero-order chi connectivity index (χ0) is 52.2. The van der Waals surface area contributed by atoms with E-state index in [1.807, 2.05) is 0 Å². The van der Waals surface area contributed by atoms with Crippen molar-refractivity contribution in [3.05, 3.63) is 160 Å². The van der Waals surface area contributed by atoms with Crippen molar-refractivity contribution in [3.63, 3.8) is 0 Å². The summed E-state index contributed by atoms with van der Waals surface area (Å²) in [5.74, 6) is 0. The van der Waals surface area contributed by atoms with E-state index in [0.717, 1.165) is 23.5 Å². The first kappa shape index (κ1) is 50.0. The molecule has 73 heavy (non-hydrogen) atoms. The molecule has 4 aliphatic rings. The Bertz CT molecular complexity index is 3320. The molecule has 2 aliphatic carbocycles. The number of thiophene rings is 1. The third-order valence-corrected chi connectivity index (χ3v) is 20.8. The molecule has 6 heteroatoms. The molecule has 0 bridgehead atoms. The second-order valence-electron chi connectivity index (χ2n) is 27.6. The van der Waals surface area contributed by atoms with Crippen LogP contribution in [0.2, 0.25) is 0 Å². The summed E-state index contributed by atoms with van der Waals surface area (Å²) < 4.78 is 1.49. The maximum atomic E-state index is 2.79. The van der Waals surface area contributed by atoms with E-state index in [1.165, 1.54) is 96.2 Å². The molecule has 2 aliphatic heterocycles. The fraction of sp³-hybridized carbons (Fsp3) is 0.403. The summed E-state index contributed by atoms with van der Waals surface area (Å²) in [4.78, 5) is 11.0. The van der Waals surface area contributed by atoms with Gasteiger partial charge in [0.1, 0.15) is 0 Å². The lowest BCUT2D eigenvalue weighted by molar-refractivity contribution is 0.332. The molecule has 0 radical (unpaired) electrons. The summed E-state index contributed by atoms with van der Waals surface area (Å²) >= 11 is 2.13. The molecule has 0 saturated heterocycles. The largest absolute Gasteiger partial charge is 0.311 e. The number of rotatable bonds is 6. The Balaban J connectivity index is 1.31. The van der Waals surface area contributed by atoms with E-state index in [4.69, 9.17) is 0 Å². The Morgan fingerprint density at radius 2 is 1.08 bits per heavy atom. The van der Waals surface area contributed by atoms with E-state index in [2.05, 4.69) is 269 Å². The van der Waals surface area contributed by atoms with Gasteiger partial charge in [0.15, 0.2) is 0 Å². The molecule has 7 aromatic rings. The molecule has 0 fully saturated rings. The lowest BCUT2D eigenvalue weighted by Gasteiger charge is -2.47. The van der Waals surface area contributed by atoms with Crippen LogP contribution in [0.4, 0.5) is 51.2 Å². The van der Waals surface area contributed by atoms with E-state index >= 15 is 0 Å². The summed E-state index contributed by atoms with van der Waals surface area (Å²) in [6.45, 7) is 34.2. The van der Waals surface area contributed by atoms with Crippen molar-refractivity contribution in [1.82, 2.24) is 0 Å². The Hall–Kier alpha value is -5.17. The second kappa shape index (κ2) is 16.7. The third kappa shape index (κ3) is 8.22. The van der Waals surface area contributed by atoms with Crippen LogP contribution in [0.15, 0.2) is 132 Å². The van der Waals surface area contributed by atoms with Gasteiger partial charge >= 0.3 is 0 Å². The van der Waals surface area contributed by atoms with Crippen LogP contribution in [-0.2, 0) is 32.5 Å². The van der Waals surface area contributed by atoms with Crippen molar-refractivity contribution in [1.29, 1.82) is 0 Å². The topological polar surface area (TPSA) is 9.72 Å². The van der Waals surface area contributed by atoms with Crippen molar-refractivity contribution < 1.29 is 0 Å². The van der Waals surface area contributed by atoms with E-state index in [1.54, 1.807) is 10.4 Å². The maximum Gasteiger partial charge on any atom is 0.264 e. The van der Waals surface area contributed by atoms with Crippen LogP contribution in [0.1, 0.15) is 155 Å².